The van der Waals surface area contributed by atoms with Crippen LogP contribution in [0.2, 0.25) is 5.02 Å². The van der Waals surface area contributed by atoms with E-state index in [-0.39, 0.29) is 6.04 Å². The summed E-state index contributed by atoms with van der Waals surface area (Å²) >= 11 is 13.3. The molecule has 0 aromatic heterocycles. The monoisotopic (exact) mass is 429 g/mol. The summed E-state index contributed by atoms with van der Waals surface area (Å²) < 4.78 is 2.11. The molecular weight excluding hydrogens is 413 g/mol. The minimum absolute atomic E-state index is 0.275. The third-order valence-corrected chi connectivity index (χ3v) is 4.73. The van der Waals surface area contributed by atoms with Crippen molar-refractivity contribution in [3.05, 3.63) is 67.6 Å². The zero-order chi connectivity index (χ0) is 15.2. The summed E-state index contributed by atoms with van der Waals surface area (Å²) in [6.45, 7) is 3.17. The first-order valence-corrected chi connectivity index (χ1v) is 8.99. The second-order valence-corrected chi connectivity index (χ2v) is 7.24. The van der Waals surface area contributed by atoms with Crippen molar-refractivity contribution < 1.29 is 0 Å². The lowest BCUT2D eigenvalue weighted by molar-refractivity contribution is 0.529. The molecule has 21 heavy (non-hydrogen) atoms. The van der Waals surface area contributed by atoms with E-state index in [1.807, 2.05) is 12.1 Å². The highest BCUT2D eigenvalue weighted by atomic mass is 79.9. The molecule has 0 saturated carbocycles. The maximum absolute atomic E-state index is 6.36. The fourth-order valence-corrected chi connectivity index (χ4v) is 3.24. The van der Waals surface area contributed by atoms with Gasteiger partial charge in [-0.2, -0.15) is 0 Å². The summed E-state index contributed by atoms with van der Waals surface area (Å²) in [5.41, 5.74) is 2.45. The van der Waals surface area contributed by atoms with E-state index in [0.717, 1.165) is 38.9 Å². The molecule has 0 saturated heterocycles. The highest BCUT2D eigenvalue weighted by Crippen LogP contribution is 2.27. The van der Waals surface area contributed by atoms with Gasteiger partial charge in [-0.1, -0.05) is 68.6 Å². The van der Waals surface area contributed by atoms with Crippen LogP contribution in [0.25, 0.3) is 0 Å². The van der Waals surface area contributed by atoms with Crippen LogP contribution in [0.4, 0.5) is 0 Å². The minimum atomic E-state index is 0.275. The van der Waals surface area contributed by atoms with Crippen LogP contribution in [-0.4, -0.2) is 6.54 Å². The van der Waals surface area contributed by atoms with Gasteiger partial charge in [0.05, 0.1) is 0 Å². The van der Waals surface area contributed by atoms with Gasteiger partial charge in [-0.3, -0.25) is 0 Å². The number of benzene rings is 2. The number of nitrogens with one attached hydrogen (secondary N) is 1. The molecule has 1 nitrogen and oxygen atoms in total. The Bertz CT molecular complexity index is 584. The molecule has 112 valence electrons. The van der Waals surface area contributed by atoms with E-state index in [2.05, 4.69) is 74.4 Å². The minimum Gasteiger partial charge on any atom is -0.310 e. The van der Waals surface area contributed by atoms with Crippen molar-refractivity contribution in [1.82, 2.24) is 5.32 Å². The van der Waals surface area contributed by atoms with E-state index in [1.165, 1.54) is 5.56 Å². The van der Waals surface area contributed by atoms with Crippen molar-refractivity contribution in [1.29, 1.82) is 0 Å². The summed E-state index contributed by atoms with van der Waals surface area (Å²) in [4.78, 5) is 0. The molecule has 0 fully saturated rings. The molecule has 0 heterocycles. The molecule has 0 amide bonds. The van der Waals surface area contributed by atoms with Gasteiger partial charge >= 0.3 is 0 Å². The molecule has 4 heteroatoms. The van der Waals surface area contributed by atoms with Crippen molar-refractivity contribution in [3.63, 3.8) is 0 Å². The van der Waals surface area contributed by atoms with E-state index in [1.54, 1.807) is 0 Å². The van der Waals surface area contributed by atoms with E-state index >= 15 is 0 Å². The van der Waals surface area contributed by atoms with Crippen molar-refractivity contribution in [2.24, 2.45) is 0 Å². The lowest BCUT2D eigenvalue weighted by atomic mass is 9.98. The first kappa shape index (κ1) is 17.0. The van der Waals surface area contributed by atoms with Gasteiger partial charge in [-0.15, -0.1) is 0 Å². The molecule has 2 aromatic carbocycles. The Hall–Kier alpha value is -0.350. The van der Waals surface area contributed by atoms with Crippen LogP contribution in [0.15, 0.2) is 51.4 Å². The molecule has 0 bridgehead atoms. The lowest BCUT2D eigenvalue weighted by Gasteiger charge is -2.20. The molecule has 0 spiro atoms. The molecule has 1 unspecified atom stereocenters. The third-order valence-electron chi connectivity index (χ3n) is 3.35. The van der Waals surface area contributed by atoms with E-state index in [0.29, 0.717) is 0 Å². The molecular formula is C17H18Br2ClN. The average molecular weight is 432 g/mol. The van der Waals surface area contributed by atoms with Gasteiger partial charge in [0.25, 0.3) is 0 Å². The molecule has 1 N–H and O–H groups in total. The molecule has 0 aliphatic rings. The second-order valence-electron chi connectivity index (χ2n) is 5.00. The van der Waals surface area contributed by atoms with Crippen LogP contribution in [0.5, 0.6) is 0 Å². The summed E-state index contributed by atoms with van der Waals surface area (Å²) in [5.74, 6) is 0. The third kappa shape index (κ3) is 5.10. The molecule has 2 aromatic rings. The van der Waals surface area contributed by atoms with Crippen LogP contribution in [0.3, 0.4) is 0 Å². The molecule has 0 aliphatic carbocycles. The topological polar surface area (TPSA) is 12.0 Å². The van der Waals surface area contributed by atoms with Gasteiger partial charge < -0.3 is 5.32 Å². The van der Waals surface area contributed by atoms with Gasteiger partial charge in [0.2, 0.25) is 0 Å². The molecule has 0 radical (unpaired) electrons. The Balaban J connectivity index is 2.21. The van der Waals surface area contributed by atoms with E-state index in [4.69, 9.17) is 11.6 Å². The standard InChI is InChI=1S/C17H18Br2ClN/c1-2-9-21-17(12-3-6-14(18)7-4-12)10-13-5-8-15(19)11-16(13)20/h3-8,11,17,21H,2,9-10H2,1H3. The first-order chi connectivity index (χ1) is 10.1. The second kappa shape index (κ2) is 8.33. The smallest absolute Gasteiger partial charge is 0.0449 e. The zero-order valence-corrected chi connectivity index (χ0v) is 15.8. The van der Waals surface area contributed by atoms with Crippen LogP contribution in [0.1, 0.15) is 30.5 Å². The average Bonchev–Trinajstić information content (AvgIpc) is 2.46. The number of hydrogen-bond acceptors (Lipinski definition) is 1. The van der Waals surface area contributed by atoms with Gasteiger partial charge in [0.1, 0.15) is 0 Å². The quantitative estimate of drug-likeness (QED) is 0.579. The van der Waals surface area contributed by atoms with E-state index in [9.17, 15) is 0 Å². The zero-order valence-electron chi connectivity index (χ0n) is 11.9. The largest absolute Gasteiger partial charge is 0.310 e. The lowest BCUT2D eigenvalue weighted by Crippen LogP contribution is -2.24. The number of rotatable bonds is 6. The molecule has 2 rings (SSSR count). The van der Waals surface area contributed by atoms with Crippen molar-refractivity contribution in [2.45, 2.75) is 25.8 Å². The Morgan fingerprint density at radius 2 is 1.71 bits per heavy atom. The van der Waals surface area contributed by atoms with Gasteiger partial charge in [0.15, 0.2) is 0 Å². The molecule has 1 atom stereocenters. The highest BCUT2D eigenvalue weighted by Gasteiger charge is 2.13. The fraction of sp³-hybridized carbons (Fsp3) is 0.294. The van der Waals surface area contributed by atoms with Crippen LogP contribution in [0, 0.1) is 0 Å². The van der Waals surface area contributed by atoms with Crippen molar-refractivity contribution in [2.75, 3.05) is 6.54 Å². The van der Waals surface area contributed by atoms with Crippen LogP contribution in [-0.2, 0) is 6.42 Å². The number of halogens is 3. The summed E-state index contributed by atoms with van der Waals surface area (Å²) in [6.07, 6.45) is 1.99. The maximum Gasteiger partial charge on any atom is 0.0449 e. The normalized spacial score (nSPS) is 12.4. The predicted molar refractivity (Wildman–Crippen MR) is 98.0 cm³/mol. The fourth-order valence-electron chi connectivity index (χ4n) is 2.23. The maximum atomic E-state index is 6.36. The summed E-state index contributed by atoms with van der Waals surface area (Å²) in [6, 6.07) is 14.8. The van der Waals surface area contributed by atoms with Crippen molar-refractivity contribution in [3.8, 4) is 0 Å². The van der Waals surface area contributed by atoms with Gasteiger partial charge in [-0.05, 0) is 54.8 Å². The Morgan fingerprint density at radius 3 is 2.33 bits per heavy atom. The SMILES string of the molecule is CCCNC(Cc1ccc(Br)cc1Cl)c1ccc(Br)cc1. The summed E-state index contributed by atoms with van der Waals surface area (Å²) in [7, 11) is 0. The first-order valence-electron chi connectivity index (χ1n) is 7.03. The van der Waals surface area contributed by atoms with E-state index < -0.39 is 0 Å². The number of hydrogen-bond donors (Lipinski definition) is 1. The van der Waals surface area contributed by atoms with Gasteiger partial charge in [0, 0.05) is 20.0 Å². The molecule has 0 aliphatic heterocycles. The van der Waals surface area contributed by atoms with Crippen LogP contribution < -0.4 is 5.32 Å². The summed E-state index contributed by atoms with van der Waals surface area (Å²) in [5, 5.41) is 4.42. The van der Waals surface area contributed by atoms with Crippen LogP contribution >= 0.6 is 43.5 Å². The van der Waals surface area contributed by atoms with Gasteiger partial charge in [-0.25, -0.2) is 0 Å². The Morgan fingerprint density at radius 1 is 1.05 bits per heavy atom. The Kier molecular flexibility index (Phi) is 6.74. The van der Waals surface area contributed by atoms with Crippen molar-refractivity contribution >= 4 is 43.5 Å². The highest BCUT2D eigenvalue weighted by molar-refractivity contribution is 9.10. The Labute approximate surface area is 148 Å². The predicted octanol–water partition coefficient (Wildman–Crippen LogP) is 6.15.